The van der Waals surface area contributed by atoms with Crippen LogP contribution in [-0.2, 0) is 0 Å². The zero-order chi connectivity index (χ0) is 20.4. The molecule has 0 amide bonds. The van der Waals surface area contributed by atoms with Crippen molar-refractivity contribution in [2.45, 2.75) is 23.6 Å². The molecule has 144 valence electrons. The lowest BCUT2D eigenvalue weighted by Crippen LogP contribution is -1.92. The highest BCUT2D eigenvalue weighted by Crippen LogP contribution is 2.26. The van der Waals surface area contributed by atoms with Crippen LogP contribution in [0.1, 0.15) is 12.5 Å². The van der Waals surface area contributed by atoms with E-state index in [1.807, 2.05) is 61.5 Å². The van der Waals surface area contributed by atoms with Gasteiger partial charge < -0.3 is 4.74 Å². The molecule has 0 spiro atoms. The van der Waals surface area contributed by atoms with Crippen molar-refractivity contribution in [1.29, 1.82) is 0 Å². The summed E-state index contributed by atoms with van der Waals surface area (Å²) in [6.07, 6.45) is 0. The smallest absolute Gasteiger partial charge is 0.118 e. The maximum atomic E-state index is 4.94. The molecular formula is C24H25NOS2. The molecule has 0 radical (unpaired) electrons. The molecule has 0 aliphatic carbocycles. The van der Waals surface area contributed by atoms with Crippen LogP contribution in [-0.4, -0.2) is 12.2 Å². The first kappa shape index (κ1) is 21.9. The predicted octanol–water partition coefficient (Wildman–Crippen LogP) is 7.38. The van der Waals surface area contributed by atoms with Crippen LogP contribution in [0.2, 0.25) is 0 Å². The summed E-state index contributed by atoms with van der Waals surface area (Å²) in [7, 11) is 1.65. The Bertz CT molecular complexity index is 902. The van der Waals surface area contributed by atoms with Crippen LogP contribution < -0.4 is 4.74 Å². The van der Waals surface area contributed by atoms with E-state index in [-0.39, 0.29) is 0 Å². The van der Waals surface area contributed by atoms with Gasteiger partial charge in [-0.25, -0.2) is 4.99 Å². The Labute approximate surface area is 177 Å². The van der Waals surface area contributed by atoms with Crippen LogP contribution in [0.5, 0.6) is 5.75 Å². The molecular weight excluding hydrogens is 382 g/mol. The molecule has 3 aromatic carbocycles. The molecule has 3 rings (SSSR count). The molecule has 0 saturated carbocycles. The first-order valence-corrected chi connectivity index (χ1v) is 10.1. The second-order valence-corrected chi connectivity index (χ2v) is 7.72. The summed E-state index contributed by atoms with van der Waals surface area (Å²) < 4.78 is 4.94. The van der Waals surface area contributed by atoms with Crippen molar-refractivity contribution in [3.8, 4) is 5.75 Å². The predicted molar refractivity (Wildman–Crippen MR) is 126 cm³/mol. The van der Waals surface area contributed by atoms with Crippen molar-refractivity contribution in [3.05, 3.63) is 96.6 Å². The molecule has 0 heterocycles. The van der Waals surface area contributed by atoms with Gasteiger partial charge in [-0.1, -0.05) is 54.2 Å². The summed E-state index contributed by atoms with van der Waals surface area (Å²) in [6, 6.07) is 26.0. The van der Waals surface area contributed by atoms with Gasteiger partial charge in [0.2, 0.25) is 0 Å². The fourth-order valence-electron chi connectivity index (χ4n) is 2.13. The topological polar surface area (TPSA) is 21.6 Å². The minimum Gasteiger partial charge on any atom is -0.497 e. The number of ether oxygens (including phenoxy) is 1. The highest BCUT2D eigenvalue weighted by molar-refractivity contribution is 8.14. The summed E-state index contributed by atoms with van der Waals surface area (Å²) in [4.78, 5) is 6.79. The number of aliphatic imine (C=N–C) groups is 1. The molecule has 0 bridgehead atoms. The Hall–Kier alpha value is -2.43. The summed E-state index contributed by atoms with van der Waals surface area (Å²) in [5.74, 6) is 0.868. The number of hydrogen-bond donors (Lipinski definition) is 1. The lowest BCUT2D eigenvalue weighted by Gasteiger charge is -2.06. The summed E-state index contributed by atoms with van der Waals surface area (Å²) >= 11 is 5.77. The fourth-order valence-corrected chi connectivity index (χ4v) is 3.10. The lowest BCUT2D eigenvalue weighted by molar-refractivity contribution is 0.414. The average molecular weight is 408 g/mol. The van der Waals surface area contributed by atoms with Gasteiger partial charge in [-0.3, -0.25) is 0 Å². The van der Waals surface area contributed by atoms with Crippen LogP contribution >= 0.6 is 24.4 Å². The number of aryl methyl sites for hydroxylation is 1. The van der Waals surface area contributed by atoms with E-state index in [4.69, 9.17) is 4.74 Å². The van der Waals surface area contributed by atoms with Gasteiger partial charge in [0.25, 0.3) is 0 Å². The van der Waals surface area contributed by atoms with Crippen molar-refractivity contribution in [2.75, 3.05) is 7.11 Å². The van der Waals surface area contributed by atoms with E-state index in [0.717, 1.165) is 26.9 Å². The van der Waals surface area contributed by atoms with Crippen molar-refractivity contribution < 1.29 is 4.74 Å². The molecule has 0 fully saturated rings. The van der Waals surface area contributed by atoms with Gasteiger partial charge in [-0.05, 0) is 68.0 Å². The van der Waals surface area contributed by atoms with Gasteiger partial charge >= 0.3 is 0 Å². The summed E-state index contributed by atoms with van der Waals surface area (Å²) in [6.45, 7) is 8.09. The van der Waals surface area contributed by atoms with E-state index in [1.165, 1.54) is 10.5 Å². The van der Waals surface area contributed by atoms with Crippen LogP contribution in [0, 0.1) is 6.92 Å². The largest absolute Gasteiger partial charge is 0.497 e. The first-order chi connectivity index (χ1) is 13.5. The molecule has 3 aromatic rings. The van der Waals surface area contributed by atoms with E-state index in [0.29, 0.717) is 0 Å². The van der Waals surface area contributed by atoms with E-state index < -0.39 is 0 Å². The number of hydrogen-bond acceptors (Lipinski definition) is 4. The SMILES string of the molecule is C=C(C)C(=Nc1ccccc1)Sc1ccc(C)cc1.COc1ccc(S)cc1. The Morgan fingerprint density at radius 3 is 2.07 bits per heavy atom. The van der Waals surface area contributed by atoms with E-state index in [1.54, 1.807) is 18.9 Å². The van der Waals surface area contributed by atoms with Crippen LogP contribution in [0.4, 0.5) is 5.69 Å². The molecule has 4 heteroatoms. The maximum Gasteiger partial charge on any atom is 0.118 e. The Morgan fingerprint density at radius 2 is 1.54 bits per heavy atom. The second-order valence-electron chi connectivity index (χ2n) is 6.15. The normalized spacial score (nSPS) is 10.6. The molecule has 0 aliphatic rings. The van der Waals surface area contributed by atoms with Gasteiger partial charge in [0.05, 0.1) is 12.8 Å². The van der Waals surface area contributed by atoms with Crippen molar-refractivity contribution in [3.63, 3.8) is 0 Å². The summed E-state index contributed by atoms with van der Waals surface area (Å²) in [5, 5.41) is 0.954. The third-order valence-corrected chi connectivity index (χ3v) is 5.10. The molecule has 0 saturated heterocycles. The third kappa shape index (κ3) is 7.67. The van der Waals surface area contributed by atoms with Crippen molar-refractivity contribution in [1.82, 2.24) is 0 Å². The number of thiol groups is 1. The summed E-state index contributed by atoms with van der Waals surface area (Å²) in [5.41, 5.74) is 3.20. The molecule has 0 N–H and O–H groups in total. The van der Waals surface area contributed by atoms with E-state index >= 15 is 0 Å². The van der Waals surface area contributed by atoms with Gasteiger partial charge in [-0.2, -0.15) is 0 Å². The fraction of sp³-hybridized carbons (Fsp3) is 0.125. The number of methoxy groups -OCH3 is 1. The second kappa shape index (κ2) is 11.4. The highest BCUT2D eigenvalue weighted by atomic mass is 32.2. The van der Waals surface area contributed by atoms with Gasteiger partial charge in [0.1, 0.15) is 10.8 Å². The first-order valence-electron chi connectivity index (χ1n) is 8.85. The molecule has 0 unspecified atom stereocenters. The molecule has 0 aromatic heterocycles. The zero-order valence-corrected chi connectivity index (χ0v) is 18.1. The van der Waals surface area contributed by atoms with Crippen molar-refractivity contribution >= 4 is 35.1 Å². The average Bonchev–Trinajstić information content (AvgIpc) is 2.71. The minimum absolute atomic E-state index is 0.868. The quantitative estimate of drug-likeness (QED) is 0.211. The highest BCUT2D eigenvalue weighted by Gasteiger charge is 2.04. The number of rotatable bonds is 4. The van der Waals surface area contributed by atoms with Gasteiger partial charge in [-0.15, -0.1) is 12.6 Å². The standard InChI is InChI=1S/C17H17NS.C7H8OS/c1-13(2)17(18-15-7-5-4-6-8-15)19-16-11-9-14(3)10-12-16;1-8-6-2-4-7(9)5-3-6/h4-12H,1H2,2-3H3;2-5,9H,1H3. The maximum absolute atomic E-state index is 4.94. The molecule has 0 atom stereocenters. The third-order valence-electron chi connectivity index (χ3n) is 3.66. The van der Waals surface area contributed by atoms with E-state index in [9.17, 15) is 0 Å². The number of thioether (sulfide) groups is 1. The molecule has 0 aliphatic heterocycles. The Morgan fingerprint density at radius 1 is 0.929 bits per heavy atom. The number of nitrogens with zero attached hydrogens (tertiary/aromatic N) is 1. The van der Waals surface area contributed by atoms with Crippen LogP contribution in [0.25, 0.3) is 0 Å². The lowest BCUT2D eigenvalue weighted by atomic mass is 10.2. The molecule has 28 heavy (non-hydrogen) atoms. The number of para-hydroxylation sites is 1. The van der Waals surface area contributed by atoms with E-state index in [2.05, 4.69) is 55.4 Å². The van der Waals surface area contributed by atoms with Gasteiger partial charge in [0, 0.05) is 9.79 Å². The Kier molecular flexibility index (Phi) is 8.92. The van der Waals surface area contributed by atoms with Crippen molar-refractivity contribution in [2.24, 2.45) is 4.99 Å². The Balaban J connectivity index is 0.000000261. The monoisotopic (exact) mass is 407 g/mol. The molecule has 2 nitrogen and oxygen atoms in total. The number of benzene rings is 3. The van der Waals surface area contributed by atoms with Gasteiger partial charge in [0.15, 0.2) is 0 Å². The zero-order valence-electron chi connectivity index (χ0n) is 16.4. The minimum atomic E-state index is 0.868. The van der Waals surface area contributed by atoms with Crippen LogP contribution in [0.3, 0.4) is 0 Å². The van der Waals surface area contributed by atoms with Crippen LogP contribution in [0.15, 0.2) is 106 Å².